The fourth-order valence-electron chi connectivity index (χ4n) is 2.96. The second-order valence-electron chi connectivity index (χ2n) is 6.01. The number of aromatic nitrogens is 1. The number of H-pyrrole nitrogens is 1. The number of para-hydroxylation sites is 1. The molecular formula is C19H24IN5O2. The van der Waals surface area contributed by atoms with Gasteiger partial charge in [0, 0.05) is 30.2 Å². The summed E-state index contributed by atoms with van der Waals surface area (Å²) < 4.78 is 5.34. The van der Waals surface area contributed by atoms with E-state index in [1.54, 1.807) is 19.2 Å². The summed E-state index contributed by atoms with van der Waals surface area (Å²) in [5, 5.41) is 7.70. The zero-order valence-electron chi connectivity index (χ0n) is 15.3. The van der Waals surface area contributed by atoms with Crippen LogP contribution in [0.5, 0.6) is 0 Å². The topological polar surface area (TPSA) is 108 Å². The molecule has 0 aliphatic rings. The summed E-state index contributed by atoms with van der Waals surface area (Å²) in [5.74, 6) is 0.862. The molecule has 0 saturated heterocycles. The van der Waals surface area contributed by atoms with Crippen LogP contribution in [-0.2, 0) is 13.0 Å². The van der Waals surface area contributed by atoms with Crippen molar-refractivity contribution < 1.29 is 9.21 Å². The number of hydrogen-bond acceptors (Lipinski definition) is 3. The second-order valence-corrected chi connectivity index (χ2v) is 6.01. The highest BCUT2D eigenvalue weighted by Crippen LogP contribution is 2.21. The van der Waals surface area contributed by atoms with Crippen molar-refractivity contribution >= 4 is 46.7 Å². The number of carbonyl (C=O) groups is 1. The molecule has 0 spiro atoms. The van der Waals surface area contributed by atoms with Crippen molar-refractivity contribution in [3.8, 4) is 0 Å². The molecule has 7 nitrogen and oxygen atoms in total. The van der Waals surface area contributed by atoms with Gasteiger partial charge in [0.2, 0.25) is 0 Å². The van der Waals surface area contributed by atoms with Gasteiger partial charge in [-0.05, 0) is 37.1 Å². The van der Waals surface area contributed by atoms with Gasteiger partial charge in [-0.25, -0.2) is 0 Å². The van der Waals surface area contributed by atoms with Crippen LogP contribution >= 0.6 is 24.0 Å². The largest absolute Gasteiger partial charge is 0.454 e. The Hall–Kier alpha value is -2.49. The third-order valence-corrected chi connectivity index (χ3v) is 4.25. The molecule has 3 rings (SSSR count). The number of nitrogens with zero attached hydrogens (tertiary/aromatic N) is 1. The third kappa shape index (κ3) is 5.03. The number of rotatable bonds is 6. The summed E-state index contributed by atoms with van der Waals surface area (Å²) in [5.41, 5.74) is 8.83. The number of furan rings is 1. The molecule has 0 aliphatic carbocycles. The Morgan fingerprint density at radius 3 is 2.70 bits per heavy atom. The lowest BCUT2D eigenvalue weighted by atomic mass is 10.1. The number of carbonyl (C=O) groups excluding carboxylic acids is 1. The molecule has 1 amide bonds. The number of amides is 1. The van der Waals surface area contributed by atoms with E-state index in [0.29, 0.717) is 18.3 Å². The summed E-state index contributed by atoms with van der Waals surface area (Å²) in [6.07, 6.45) is 0.878. The number of hydrogen-bond donors (Lipinski definition) is 4. The normalized spacial score (nSPS) is 11.3. The average Bonchev–Trinajstić information content (AvgIpc) is 3.22. The minimum atomic E-state index is -0.576. The lowest BCUT2D eigenvalue weighted by Gasteiger charge is -2.11. The number of guanidine groups is 1. The van der Waals surface area contributed by atoms with E-state index in [0.717, 1.165) is 18.5 Å². The van der Waals surface area contributed by atoms with Crippen molar-refractivity contribution in [2.45, 2.75) is 19.9 Å². The molecule has 0 fully saturated rings. The van der Waals surface area contributed by atoms with Crippen LogP contribution in [0.1, 0.15) is 27.6 Å². The van der Waals surface area contributed by atoms with Gasteiger partial charge in [0.05, 0.1) is 6.54 Å². The maximum Gasteiger partial charge on any atom is 0.284 e. The van der Waals surface area contributed by atoms with E-state index in [1.807, 2.05) is 6.07 Å². The Morgan fingerprint density at radius 1 is 1.22 bits per heavy atom. The molecule has 27 heavy (non-hydrogen) atoms. The molecule has 5 N–H and O–H groups in total. The fourth-order valence-corrected chi connectivity index (χ4v) is 2.96. The van der Waals surface area contributed by atoms with Crippen LogP contribution in [0, 0.1) is 6.92 Å². The van der Waals surface area contributed by atoms with E-state index in [-0.39, 0.29) is 29.7 Å². The minimum Gasteiger partial charge on any atom is -0.454 e. The van der Waals surface area contributed by atoms with E-state index >= 15 is 0 Å². The molecule has 8 heteroatoms. The van der Waals surface area contributed by atoms with Gasteiger partial charge in [-0.3, -0.25) is 9.79 Å². The Kier molecular flexibility index (Phi) is 7.28. The SMILES string of the molecule is CN=C(NCCc1c(C)[nH]c2ccccc12)NCc1ccc(C(N)=O)o1.I. The highest BCUT2D eigenvalue weighted by molar-refractivity contribution is 14.0. The summed E-state index contributed by atoms with van der Waals surface area (Å²) in [6, 6.07) is 11.6. The van der Waals surface area contributed by atoms with E-state index in [1.165, 1.54) is 16.6 Å². The van der Waals surface area contributed by atoms with Gasteiger partial charge in [-0.1, -0.05) is 18.2 Å². The maximum atomic E-state index is 11.1. The number of nitrogens with one attached hydrogen (secondary N) is 3. The monoisotopic (exact) mass is 481 g/mol. The van der Waals surface area contributed by atoms with Gasteiger partial charge in [0.15, 0.2) is 11.7 Å². The molecule has 0 radical (unpaired) electrons. The minimum absolute atomic E-state index is 0. The molecule has 2 heterocycles. The highest BCUT2D eigenvalue weighted by Gasteiger charge is 2.09. The molecule has 0 unspecified atom stereocenters. The molecule has 0 saturated carbocycles. The zero-order valence-corrected chi connectivity index (χ0v) is 17.7. The zero-order chi connectivity index (χ0) is 18.5. The van der Waals surface area contributed by atoms with E-state index in [9.17, 15) is 4.79 Å². The van der Waals surface area contributed by atoms with Crippen molar-refractivity contribution in [2.75, 3.05) is 13.6 Å². The van der Waals surface area contributed by atoms with Crippen LogP contribution in [0.2, 0.25) is 0 Å². The van der Waals surface area contributed by atoms with Crippen molar-refractivity contribution in [1.29, 1.82) is 0 Å². The Labute approximate surface area is 174 Å². The number of primary amides is 1. The van der Waals surface area contributed by atoms with Crippen LogP contribution in [0.4, 0.5) is 0 Å². The summed E-state index contributed by atoms with van der Waals surface area (Å²) in [7, 11) is 1.71. The Bertz CT molecular complexity index is 945. The lowest BCUT2D eigenvalue weighted by molar-refractivity contribution is 0.0972. The van der Waals surface area contributed by atoms with Crippen LogP contribution in [0.25, 0.3) is 10.9 Å². The predicted octanol–water partition coefficient (Wildman–Crippen LogP) is 2.69. The molecule has 1 aromatic carbocycles. The average molecular weight is 481 g/mol. The van der Waals surface area contributed by atoms with Gasteiger partial charge in [-0.2, -0.15) is 0 Å². The van der Waals surface area contributed by atoms with Gasteiger partial charge in [0.25, 0.3) is 5.91 Å². The van der Waals surface area contributed by atoms with Crippen LogP contribution < -0.4 is 16.4 Å². The quantitative estimate of drug-likeness (QED) is 0.247. The lowest BCUT2D eigenvalue weighted by Crippen LogP contribution is -2.37. The number of fused-ring (bicyclic) bond motifs is 1. The van der Waals surface area contributed by atoms with Crippen LogP contribution in [0.15, 0.2) is 45.8 Å². The molecule has 2 aromatic heterocycles. The first-order valence-corrected chi connectivity index (χ1v) is 8.47. The van der Waals surface area contributed by atoms with Gasteiger partial charge >= 0.3 is 0 Å². The van der Waals surface area contributed by atoms with Crippen molar-refractivity contribution in [1.82, 2.24) is 15.6 Å². The first-order valence-electron chi connectivity index (χ1n) is 8.47. The van der Waals surface area contributed by atoms with E-state index in [2.05, 4.69) is 45.7 Å². The standard InChI is InChI=1S/C19H23N5O2.HI/c1-12-14(15-5-3-4-6-16(15)24-12)9-10-22-19(21-2)23-11-13-7-8-17(26-13)18(20)25;/h3-8,24H,9-11H2,1-2H3,(H2,20,25)(H2,21,22,23);1H. The fraction of sp³-hybridized carbons (Fsp3) is 0.263. The number of aryl methyl sites for hydroxylation is 1. The van der Waals surface area contributed by atoms with Gasteiger partial charge in [-0.15, -0.1) is 24.0 Å². The third-order valence-electron chi connectivity index (χ3n) is 4.25. The molecule has 0 aliphatic heterocycles. The number of nitrogens with two attached hydrogens (primary N) is 1. The molecular weight excluding hydrogens is 457 g/mol. The predicted molar refractivity (Wildman–Crippen MR) is 118 cm³/mol. The van der Waals surface area contributed by atoms with Crippen LogP contribution in [-0.4, -0.2) is 30.4 Å². The van der Waals surface area contributed by atoms with E-state index < -0.39 is 5.91 Å². The van der Waals surface area contributed by atoms with E-state index in [4.69, 9.17) is 10.2 Å². The smallest absolute Gasteiger partial charge is 0.284 e. The van der Waals surface area contributed by atoms with Gasteiger partial charge < -0.3 is 25.8 Å². The molecule has 0 atom stereocenters. The second kappa shape index (κ2) is 9.45. The number of halogens is 1. The maximum absolute atomic E-state index is 11.1. The first-order chi connectivity index (χ1) is 12.6. The number of aromatic amines is 1. The first kappa shape index (κ1) is 20.8. The number of benzene rings is 1. The van der Waals surface area contributed by atoms with Crippen LogP contribution in [0.3, 0.4) is 0 Å². The van der Waals surface area contributed by atoms with Crippen molar-refractivity contribution in [3.05, 3.63) is 59.2 Å². The number of aliphatic imine (C=N–C) groups is 1. The van der Waals surface area contributed by atoms with Gasteiger partial charge in [0.1, 0.15) is 5.76 Å². The Morgan fingerprint density at radius 2 is 2.00 bits per heavy atom. The molecule has 3 aromatic rings. The van der Waals surface area contributed by atoms with Crippen molar-refractivity contribution in [2.24, 2.45) is 10.7 Å². The molecule has 0 bridgehead atoms. The summed E-state index contributed by atoms with van der Waals surface area (Å²) in [6.45, 7) is 3.25. The molecule has 144 valence electrons. The summed E-state index contributed by atoms with van der Waals surface area (Å²) >= 11 is 0. The van der Waals surface area contributed by atoms with Crippen molar-refractivity contribution in [3.63, 3.8) is 0 Å². The Balaban J connectivity index is 0.00000261. The highest BCUT2D eigenvalue weighted by atomic mass is 127. The summed E-state index contributed by atoms with van der Waals surface area (Å²) in [4.78, 5) is 18.7.